The van der Waals surface area contributed by atoms with E-state index in [9.17, 15) is 19.8 Å². The molecule has 7 atom stereocenters. The maximum Gasteiger partial charge on any atom is 0.336 e. The predicted molar refractivity (Wildman–Crippen MR) is 93.2 cm³/mol. The van der Waals surface area contributed by atoms with Crippen LogP contribution in [0.5, 0.6) is 0 Å². The summed E-state index contributed by atoms with van der Waals surface area (Å²) in [4.78, 5) is 24.8. The lowest BCUT2D eigenvalue weighted by Crippen LogP contribution is -2.66. The Morgan fingerprint density at radius 3 is 2.70 bits per heavy atom. The number of carbonyl (C=O) groups excluding carboxylic acids is 2. The quantitative estimate of drug-likeness (QED) is 0.564. The zero-order valence-corrected chi connectivity index (χ0v) is 16.4. The number of epoxide rings is 1. The molecule has 2 N–H and O–H groups in total. The van der Waals surface area contributed by atoms with Crippen LogP contribution in [0.1, 0.15) is 53.9 Å². The Kier molecular flexibility index (Phi) is 3.89. The molecule has 0 bridgehead atoms. The van der Waals surface area contributed by atoms with Gasteiger partial charge < -0.3 is 24.4 Å². The molecule has 1 saturated heterocycles. The van der Waals surface area contributed by atoms with Crippen molar-refractivity contribution in [2.24, 2.45) is 17.3 Å². The summed E-state index contributed by atoms with van der Waals surface area (Å²) in [5, 5.41) is 21.8. The summed E-state index contributed by atoms with van der Waals surface area (Å²) in [6.07, 6.45) is -1.01. The van der Waals surface area contributed by atoms with Gasteiger partial charge in [0, 0.05) is 30.3 Å². The minimum Gasteiger partial charge on any atom is -0.457 e. The number of rotatable bonds is 3. The number of hydrogen-bond acceptors (Lipinski definition) is 7. The first-order valence-electron chi connectivity index (χ1n) is 9.68. The van der Waals surface area contributed by atoms with Crippen molar-refractivity contribution in [3.63, 3.8) is 0 Å². The van der Waals surface area contributed by atoms with Crippen LogP contribution < -0.4 is 0 Å². The fourth-order valence-electron chi connectivity index (χ4n) is 5.52. The van der Waals surface area contributed by atoms with Gasteiger partial charge >= 0.3 is 11.9 Å². The van der Waals surface area contributed by atoms with Gasteiger partial charge in [0.15, 0.2) is 0 Å². The molecular formula is C20H28O7. The molecule has 2 heterocycles. The number of carbonyl (C=O) groups is 2. The van der Waals surface area contributed by atoms with Gasteiger partial charge in [0.1, 0.15) is 11.7 Å². The predicted octanol–water partition coefficient (Wildman–Crippen LogP) is 1.45. The molecule has 7 unspecified atom stereocenters. The lowest BCUT2D eigenvalue weighted by atomic mass is 9.51. The molecule has 3 fully saturated rings. The van der Waals surface area contributed by atoms with Crippen molar-refractivity contribution in [1.29, 1.82) is 0 Å². The van der Waals surface area contributed by atoms with Crippen molar-refractivity contribution in [3.05, 3.63) is 11.1 Å². The molecule has 0 radical (unpaired) electrons. The Bertz CT molecular complexity index is 743. The van der Waals surface area contributed by atoms with Crippen molar-refractivity contribution in [1.82, 2.24) is 0 Å². The second-order valence-electron chi connectivity index (χ2n) is 9.23. The molecule has 7 heteroatoms. The van der Waals surface area contributed by atoms with E-state index in [4.69, 9.17) is 14.2 Å². The highest BCUT2D eigenvalue weighted by Gasteiger charge is 2.81. The van der Waals surface area contributed by atoms with E-state index >= 15 is 0 Å². The Morgan fingerprint density at radius 1 is 1.41 bits per heavy atom. The van der Waals surface area contributed by atoms with Crippen LogP contribution in [-0.4, -0.2) is 51.9 Å². The van der Waals surface area contributed by atoms with Crippen molar-refractivity contribution >= 4 is 11.9 Å². The van der Waals surface area contributed by atoms with Gasteiger partial charge in [0.25, 0.3) is 0 Å². The largest absolute Gasteiger partial charge is 0.457 e. The van der Waals surface area contributed by atoms with Crippen LogP contribution >= 0.6 is 0 Å². The lowest BCUT2D eigenvalue weighted by Gasteiger charge is -2.55. The van der Waals surface area contributed by atoms with E-state index in [1.165, 1.54) is 0 Å². The lowest BCUT2D eigenvalue weighted by molar-refractivity contribution is -0.231. The molecule has 0 amide bonds. The van der Waals surface area contributed by atoms with Crippen LogP contribution in [0.25, 0.3) is 0 Å². The average Bonchev–Trinajstić information content (AvgIpc) is 3.17. The molecule has 0 aromatic carbocycles. The minimum absolute atomic E-state index is 0.0921. The third-order valence-electron chi connectivity index (χ3n) is 7.23. The SMILES string of the molecule is CC1=C2C(OC(=O)CC(C)C)C3(C)C(C)C(O)CC4OC43CC2(O)OC1=O. The summed E-state index contributed by atoms with van der Waals surface area (Å²) in [6.45, 7) is 9.25. The fourth-order valence-corrected chi connectivity index (χ4v) is 5.52. The van der Waals surface area contributed by atoms with E-state index in [-0.39, 0.29) is 36.4 Å². The van der Waals surface area contributed by atoms with Gasteiger partial charge in [-0.3, -0.25) is 4.79 Å². The molecular weight excluding hydrogens is 352 g/mol. The van der Waals surface area contributed by atoms with Gasteiger partial charge in [0.05, 0.1) is 17.8 Å². The van der Waals surface area contributed by atoms with Crippen LogP contribution in [0.3, 0.4) is 0 Å². The van der Waals surface area contributed by atoms with E-state index in [0.29, 0.717) is 12.0 Å². The monoisotopic (exact) mass is 380 g/mol. The van der Waals surface area contributed by atoms with Crippen molar-refractivity contribution in [2.45, 2.75) is 83.6 Å². The first-order chi connectivity index (χ1) is 12.5. The highest BCUT2D eigenvalue weighted by atomic mass is 16.7. The normalized spacial score (nSPS) is 47.9. The molecule has 0 aromatic rings. The molecule has 7 nitrogen and oxygen atoms in total. The fraction of sp³-hybridized carbons (Fsp3) is 0.800. The number of hydrogen-bond donors (Lipinski definition) is 2. The maximum atomic E-state index is 12.6. The second-order valence-corrected chi connectivity index (χ2v) is 9.23. The highest BCUT2D eigenvalue weighted by Crippen LogP contribution is 2.70. The summed E-state index contributed by atoms with van der Waals surface area (Å²) in [6, 6.07) is 0. The zero-order valence-electron chi connectivity index (χ0n) is 16.4. The molecule has 0 aromatic heterocycles. The number of aliphatic hydroxyl groups excluding tert-OH is 1. The molecule has 2 aliphatic carbocycles. The van der Waals surface area contributed by atoms with Gasteiger partial charge in [-0.25, -0.2) is 4.79 Å². The van der Waals surface area contributed by atoms with Gasteiger partial charge in [-0.15, -0.1) is 0 Å². The topological polar surface area (TPSA) is 106 Å². The van der Waals surface area contributed by atoms with E-state index < -0.39 is 40.9 Å². The Morgan fingerprint density at radius 2 is 2.07 bits per heavy atom. The molecule has 150 valence electrons. The Balaban J connectivity index is 1.83. The van der Waals surface area contributed by atoms with E-state index in [0.717, 1.165) is 0 Å². The Labute approximate surface area is 158 Å². The van der Waals surface area contributed by atoms with Gasteiger partial charge in [-0.2, -0.15) is 0 Å². The molecule has 2 aliphatic heterocycles. The van der Waals surface area contributed by atoms with E-state index in [1.807, 2.05) is 27.7 Å². The van der Waals surface area contributed by atoms with Crippen LogP contribution in [0.15, 0.2) is 11.1 Å². The van der Waals surface area contributed by atoms with E-state index in [2.05, 4.69) is 0 Å². The van der Waals surface area contributed by atoms with Crippen molar-refractivity contribution < 1.29 is 34.0 Å². The standard InChI is InChI=1S/C20H28O7/c1-9(2)6-14(22)25-16-15-10(3)17(23)27-20(15,24)8-19-13(26-19)7-12(21)11(4)18(16,19)5/h9,11-13,16,21,24H,6-8H2,1-5H3. The third kappa shape index (κ3) is 2.31. The Hall–Kier alpha value is -1.44. The summed E-state index contributed by atoms with van der Waals surface area (Å²) in [5.41, 5.74) is -1.01. The summed E-state index contributed by atoms with van der Waals surface area (Å²) in [7, 11) is 0. The summed E-state index contributed by atoms with van der Waals surface area (Å²) in [5.74, 6) is -2.99. The first-order valence-corrected chi connectivity index (χ1v) is 9.68. The van der Waals surface area contributed by atoms with Crippen LogP contribution in [0.4, 0.5) is 0 Å². The minimum atomic E-state index is -1.83. The van der Waals surface area contributed by atoms with Crippen molar-refractivity contribution in [2.75, 3.05) is 0 Å². The number of esters is 2. The molecule has 1 spiro atoms. The van der Waals surface area contributed by atoms with E-state index in [1.54, 1.807) is 6.92 Å². The zero-order chi connectivity index (χ0) is 19.9. The molecule has 4 rings (SSSR count). The summed E-state index contributed by atoms with van der Waals surface area (Å²) < 4.78 is 17.2. The summed E-state index contributed by atoms with van der Waals surface area (Å²) >= 11 is 0. The number of fused-ring (bicyclic) bond motifs is 1. The van der Waals surface area contributed by atoms with Crippen LogP contribution in [-0.2, 0) is 23.8 Å². The van der Waals surface area contributed by atoms with Gasteiger partial charge in [0.2, 0.25) is 5.79 Å². The molecule has 2 saturated carbocycles. The van der Waals surface area contributed by atoms with Crippen molar-refractivity contribution in [3.8, 4) is 0 Å². The molecule has 4 aliphatic rings. The average molecular weight is 380 g/mol. The highest BCUT2D eigenvalue weighted by molar-refractivity contribution is 5.93. The maximum absolute atomic E-state index is 12.6. The van der Waals surface area contributed by atoms with Crippen LogP contribution in [0, 0.1) is 17.3 Å². The number of ether oxygens (including phenoxy) is 3. The van der Waals surface area contributed by atoms with Crippen LogP contribution in [0.2, 0.25) is 0 Å². The number of aliphatic hydroxyl groups is 2. The third-order valence-corrected chi connectivity index (χ3v) is 7.23. The second kappa shape index (κ2) is 5.55. The smallest absolute Gasteiger partial charge is 0.336 e. The first kappa shape index (κ1) is 18.9. The van der Waals surface area contributed by atoms with Gasteiger partial charge in [-0.05, 0) is 18.8 Å². The van der Waals surface area contributed by atoms with Gasteiger partial charge in [-0.1, -0.05) is 27.7 Å². The molecule has 27 heavy (non-hydrogen) atoms.